The lowest BCUT2D eigenvalue weighted by Gasteiger charge is -2.41. The number of nitrogens with zero attached hydrogens (tertiary/aromatic N) is 1. The van der Waals surface area contributed by atoms with Crippen molar-refractivity contribution in [3.8, 4) is 17.2 Å². The summed E-state index contributed by atoms with van der Waals surface area (Å²) in [7, 11) is 1.65. The van der Waals surface area contributed by atoms with E-state index in [4.69, 9.17) is 28.4 Å². The topological polar surface area (TPSA) is 125 Å². The molecule has 0 aromatic heterocycles. The fourth-order valence-electron chi connectivity index (χ4n) is 6.26. The molecular weight excluding hydrogens is 676 g/mol. The number of carbonyl (C=O) groups excluding carboxylic acids is 2. The van der Waals surface area contributed by atoms with Crippen molar-refractivity contribution in [2.75, 3.05) is 53.2 Å². The number of β-amino-alcohol motifs (C(OH)–C–C–N with tert-alkyl or cyclic N) is 1. The highest BCUT2D eigenvalue weighted by Crippen LogP contribution is 2.33. The van der Waals surface area contributed by atoms with Gasteiger partial charge in [0.2, 0.25) is 5.91 Å². The summed E-state index contributed by atoms with van der Waals surface area (Å²) in [4.78, 5) is 26.0. The van der Waals surface area contributed by atoms with Crippen LogP contribution in [0.5, 0.6) is 17.2 Å². The largest absolute Gasteiger partial charge is 0.496 e. The first kappa shape index (κ1) is 39.1. The molecule has 0 bridgehead atoms. The minimum atomic E-state index is -0.902. The van der Waals surface area contributed by atoms with Crippen molar-refractivity contribution in [1.29, 1.82) is 0 Å². The van der Waals surface area contributed by atoms with E-state index in [1.54, 1.807) is 7.11 Å². The monoisotopic (exact) mass is 726 g/mol. The van der Waals surface area contributed by atoms with Crippen LogP contribution in [0.3, 0.4) is 0 Å². The molecule has 2 N–H and O–H groups in total. The number of aliphatic hydroxyl groups excluding tert-OH is 1. The molecule has 1 aliphatic heterocycles. The van der Waals surface area contributed by atoms with Gasteiger partial charge in [0, 0.05) is 31.4 Å². The molecule has 1 saturated heterocycles. The summed E-state index contributed by atoms with van der Waals surface area (Å²) in [5.74, 6) is 1.74. The van der Waals surface area contributed by atoms with Crippen LogP contribution in [0.25, 0.3) is 0 Å². The molecule has 0 radical (unpaired) electrons. The number of aliphatic hydroxyl groups is 1. The quantitative estimate of drug-likeness (QED) is 0.113. The van der Waals surface area contributed by atoms with E-state index in [1.807, 2.05) is 103 Å². The smallest absolute Gasteiger partial charge is 0.410 e. The second-order valence-corrected chi connectivity index (χ2v) is 12.8. The van der Waals surface area contributed by atoms with Crippen molar-refractivity contribution in [1.82, 2.24) is 10.2 Å². The fourth-order valence-corrected chi connectivity index (χ4v) is 6.26. The maximum absolute atomic E-state index is 13.2. The highest BCUT2D eigenvalue weighted by molar-refractivity contribution is 5.72. The zero-order valence-electron chi connectivity index (χ0n) is 30.5. The Morgan fingerprint density at radius 3 is 2.25 bits per heavy atom. The first-order valence-electron chi connectivity index (χ1n) is 18.0. The molecule has 282 valence electrons. The zero-order chi connectivity index (χ0) is 37.3. The fraction of sp³-hybridized carbons (Fsp3) is 0.381. The van der Waals surface area contributed by atoms with E-state index in [9.17, 15) is 14.7 Å². The average molecular weight is 727 g/mol. The average Bonchev–Trinajstić information content (AvgIpc) is 3.18. The predicted octanol–water partition coefficient (Wildman–Crippen LogP) is 5.92. The highest BCUT2D eigenvalue weighted by atomic mass is 16.6. The molecule has 4 aromatic carbocycles. The van der Waals surface area contributed by atoms with Gasteiger partial charge in [0.1, 0.15) is 30.5 Å². The Hall–Kier alpha value is -5.10. The van der Waals surface area contributed by atoms with Crippen LogP contribution in [0.15, 0.2) is 103 Å². The van der Waals surface area contributed by atoms with Gasteiger partial charge in [-0.05, 0) is 47.4 Å². The van der Waals surface area contributed by atoms with Crippen LogP contribution in [0, 0.1) is 0 Å². The first-order valence-corrected chi connectivity index (χ1v) is 18.0. The van der Waals surface area contributed by atoms with E-state index in [0.717, 1.165) is 28.0 Å². The minimum absolute atomic E-state index is 0.0802. The van der Waals surface area contributed by atoms with E-state index in [2.05, 4.69) is 5.32 Å². The van der Waals surface area contributed by atoms with Crippen molar-refractivity contribution in [3.63, 3.8) is 0 Å². The van der Waals surface area contributed by atoms with Crippen LogP contribution >= 0.6 is 0 Å². The maximum Gasteiger partial charge on any atom is 0.410 e. The Balaban J connectivity index is 1.16. The number of para-hydroxylation sites is 2. The van der Waals surface area contributed by atoms with E-state index in [0.29, 0.717) is 50.7 Å². The SMILES string of the molecule is COc1ccccc1COCCCOc1ccc([C@H]2[C@H](O)CN(C(=O)OCc3ccccc3)C[C@@H]2OCCOc2ccccc2CCNC(C)=O)cc1. The van der Waals surface area contributed by atoms with Crippen molar-refractivity contribution in [2.24, 2.45) is 0 Å². The molecule has 11 nitrogen and oxygen atoms in total. The minimum Gasteiger partial charge on any atom is -0.496 e. The number of nitrogens with one attached hydrogen (secondary N) is 1. The Labute approximate surface area is 311 Å². The Morgan fingerprint density at radius 1 is 0.774 bits per heavy atom. The lowest BCUT2D eigenvalue weighted by atomic mass is 9.84. The van der Waals surface area contributed by atoms with Crippen LogP contribution in [-0.4, -0.2) is 87.4 Å². The Bertz CT molecular complexity index is 1700. The molecule has 4 aromatic rings. The summed E-state index contributed by atoms with van der Waals surface area (Å²) in [6.07, 6.45) is -0.605. The summed E-state index contributed by atoms with van der Waals surface area (Å²) in [5, 5.41) is 14.3. The van der Waals surface area contributed by atoms with Gasteiger partial charge < -0.3 is 43.7 Å². The van der Waals surface area contributed by atoms with Crippen molar-refractivity contribution in [2.45, 2.75) is 51.1 Å². The number of piperidine rings is 1. The number of carbonyl (C=O) groups is 2. The summed E-state index contributed by atoms with van der Waals surface area (Å²) in [6, 6.07) is 32.6. The van der Waals surface area contributed by atoms with Crippen LogP contribution < -0.4 is 19.5 Å². The van der Waals surface area contributed by atoms with Gasteiger partial charge in [-0.15, -0.1) is 0 Å². The number of hydrogen-bond donors (Lipinski definition) is 2. The predicted molar refractivity (Wildman–Crippen MR) is 200 cm³/mol. The summed E-state index contributed by atoms with van der Waals surface area (Å²) >= 11 is 0. The Morgan fingerprint density at radius 2 is 1.49 bits per heavy atom. The van der Waals surface area contributed by atoms with Crippen LogP contribution in [0.4, 0.5) is 4.79 Å². The Kier molecular flexibility index (Phi) is 15.4. The van der Waals surface area contributed by atoms with Crippen LogP contribution in [-0.2, 0) is 38.6 Å². The molecule has 1 aliphatic rings. The molecule has 3 atom stereocenters. The number of rotatable bonds is 19. The molecule has 1 fully saturated rings. The van der Waals surface area contributed by atoms with Gasteiger partial charge in [0.25, 0.3) is 0 Å². The third kappa shape index (κ3) is 12.2. The second kappa shape index (κ2) is 20.8. The second-order valence-electron chi connectivity index (χ2n) is 12.8. The number of benzene rings is 4. The van der Waals surface area contributed by atoms with Gasteiger partial charge in [-0.2, -0.15) is 0 Å². The maximum atomic E-state index is 13.2. The summed E-state index contributed by atoms with van der Waals surface area (Å²) in [6.45, 7) is 4.43. The lowest BCUT2D eigenvalue weighted by Crippen LogP contribution is -2.54. The molecule has 53 heavy (non-hydrogen) atoms. The van der Waals surface area contributed by atoms with Crippen molar-refractivity contribution >= 4 is 12.0 Å². The molecule has 1 heterocycles. The molecule has 11 heteroatoms. The standard InChI is InChI=1S/C42H50N2O9/c1-31(45)43-22-21-33-13-6-9-16-39(33)51-25-26-52-40-28-44(42(47)53-29-32-11-4-3-5-12-32)27-37(46)41(40)34-17-19-36(20-18-34)50-24-10-23-49-30-35-14-7-8-15-38(35)48-2/h3-9,11-20,37,40-41,46H,10,21-30H2,1-2H3,(H,43,45)/t37-,40+,41+/m1/s1. The van der Waals surface area contributed by atoms with Crippen LogP contribution in [0.2, 0.25) is 0 Å². The highest BCUT2D eigenvalue weighted by Gasteiger charge is 2.40. The van der Waals surface area contributed by atoms with E-state index >= 15 is 0 Å². The van der Waals surface area contributed by atoms with Gasteiger partial charge in [-0.1, -0.05) is 78.9 Å². The molecule has 0 aliphatic carbocycles. The number of methoxy groups -OCH3 is 1. The van der Waals surface area contributed by atoms with Gasteiger partial charge in [-0.25, -0.2) is 4.79 Å². The van der Waals surface area contributed by atoms with E-state index < -0.39 is 24.2 Å². The van der Waals surface area contributed by atoms with Gasteiger partial charge in [0.05, 0.1) is 58.8 Å². The first-order chi connectivity index (χ1) is 25.9. The number of amides is 2. The third-order valence-corrected chi connectivity index (χ3v) is 8.92. The molecule has 0 unspecified atom stereocenters. The van der Waals surface area contributed by atoms with Crippen molar-refractivity contribution < 1.29 is 43.1 Å². The van der Waals surface area contributed by atoms with Gasteiger partial charge in [-0.3, -0.25) is 4.79 Å². The zero-order valence-corrected chi connectivity index (χ0v) is 30.5. The van der Waals surface area contributed by atoms with Crippen LogP contribution in [0.1, 0.15) is 41.5 Å². The van der Waals surface area contributed by atoms with Crippen molar-refractivity contribution in [3.05, 3.63) is 125 Å². The van der Waals surface area contributed by atoms with Gasteiger partial charge >= 0.3 is 6.09 Å². The lowest BCUT2D eigenvalue weighted by molar-refractivity contribution is -0.118. The normalized spacial score (nSPS) is 16.8. The number of hydrogen-bond acceptors (Lipinski definition) is 9. The van der Waals surface area contributed by atoms with E-state index in [1.165, 1.54) is 11.8 Å². The number of likely N-dealkylation sites (tertiary alicyclic amines) is 1. The van der Waals surface area contributed by atoms with E-state index in [-0.39, 0.29) is 38.8 Å². The molecule has 0 spiro atoms. The summed E-state index contributed by atoms with van der Waals surface area (Å²) < 4.78 is 35.2. The third-order valence-electron chi connectivity index (χ3n) is 8.92. The molecule has 0 saturated carbocycles. The molecule has 5 rings (SSSR count). The van der Waals surface area contributed by atoms with Gasteiger partial charge in [0.15, 0.2) is 0 Å². The molecular formula is C42H50N2O9. The summed E-state index contributed by atoms with van der Waals surface area (Å²) in [5.41, 5.74) is 3.72. The molecule has 2 amide bonds. The number of ether oxygens (including phenoxy) is 6.